The van der Waals surface area contributed by atoms with Crippen molar-refractivity contribution in [1.82, 2.24) is 0 Å². The molecule has 0 saturated heterocycles. The molecule has 139 valence electrons. The van der Waals surface area contributed by atoms with E-state index in [1.54, 1.807) is 6.92 Å². The van der Waals surface area contributed by atoms with Gasteiger partial charge in [0.05, 0.1) is 24.9 Å². The molecule has 2 unspecified atom stereocenters. The van der Waals surface area contributed by atoms with Crippen molar-refractivity contribution >= 4 is 5.69 Å². The molecule has 1 aliphatic heterocycles. The van der Waals surface area contributed by atoms with Crippen molar-refractivity contribution in [2.24, 2.45) is 0 Å². The maximum absolute atomic E-state index is 11.9. The van der Waals surface area contributed by atoms with Gasteiger partial charge in [0.1, 0.15) is 24.7 Å². The van der Waals surface area contributed by atoms with Gasteiger partial charge in [-0.25, -0.2) is 5.11 Å². The highest BCUT2D eigenvalue weighted by Gasteiger charge is 2.18. The maximum atomic E-state index is 11.9. The van der Waals surface area contributed by atoms with Crippen LogP contribution in [0.15, 0.2) is 48.5 Å². The van der Waals surface area contributed by atoms with E-state index in [0.717, 1.165) is 48.7 Å². The van der Waals surface area contributed by atoms with Crippen molar-refractivity contribution in [1.29, 1.82) is 0 Å². The van der Waals surface area contributed by atoms with Gasteiger partial charge in [-0.15, -0.1) is 0 Å². The van der Waals surface area contributed by atoms with E-state index in [0.29, 0.717) is 13.2 Å². The molecule has 4 heteroatoms. The summed E-state index contributed by atoms with van der Waals surface area (Å²) < 4.78 is 11.6. The Kier molecular flexibility index (Phi) is 6.40. The van der Waals surface area contributed by atoms with Gasteiger partial charge in [0.2, 0.25) is 0 Å². The highest BCUT2D eigenvalue weighted by Crippen LogP contribution is 2.31. The lowest BCUT2D eigenvalue weighted by atomic mass is 9.90. The normalized spacial score (nSPS) is 15.7. The minimum atomic E-state index is -0.580. The molecular weight excluding hydrogens is 326 g/mol. The minimum Gasteiger partial charge on any atom is -0.492 e. The van der Waals surface area contributed by atoms with Crippen LogP contribution in [-0.2, 0) is 5.11 Å². The molecule has 0 aliphatic carbocycles. The van der Waals surface area contributed by atoms with E-state index in [1.165, 1.54) is 0 Å². The quantitative estimate of drug-likeness (QED) is 0.692. The number of hydrogen-bond acceptors (Lipinski definition) is 3. The van der Waals surface area contributed by atoms with Crippen LogP contribution in [0.25, 0.3) is 0 Å². The molecule has 2 aromatic carbocycles. The fourth-order valence-corrected chi connectivity index (χ4v) is 3.53. The van der Waals surface area contributed by atoms with Crippen LogP contribution in [-0.4, -0.2) is 32.4 Å². The molecule has 0 spiro atoms. The standard InChI is InChI=1S/C22H28NO3/c1-3-6-20(17(2)24)18-9-11-19(12-10-18)25-15-13-23-14-16-26-22-8-5-4-7-21(22)23/h4-5,7-12,17,20H,3,6,13-16H2,1-2H3. The first-order chi connectivity index (χ1) is 12.7. The fourth-order valence-electron chi connectivity index (χ4n) is 3.53. The third-order valence-corrected chi connectivity index (χ3v) is 4.93. The summed E-state index contributed by atoms with van der Waals surface area (Å²) >= 11 is 0. The van der Waals surface area contributed by atoms with Crippen molar-refractivity contribution in [3.8, 4) is 11.5 Å². The number of para-hydroxylation sites is 2. The molecule has 3 rings (SSSR count). The van der Waals surface area contributed by atoms with E-state index in [9.17, 15) is 5.11 Å². The zero-order chi connectivity index (χ0) is 18.4. The Morgan fingerprint density at radius 1 is 1.15 bits per heavy atom. The van der Waals surface area contributed by atoms with Gasteiger partial charge >= 0.3 is 0 Å². The third-order valence-electron chi connectivity index (χ3n) is 4.93. The molecular formula is C22H28NO3. The van der Waals surface area contributed by atoms with E-state index < -0.39 is 6.10 Å². The highest BCUT2D eigenvalue weighted by atomic mass is 16.5. The second-order valence-electron chi connectivity index (χ2n) is 6.82. The molecule has 0 amide bonds. The Labute approximate surface area is 156 Å². The molecule has 0 bridgehead atoms. The summed E-state index contributed by atoms with van der Waals surface area (Å²) in [4.78, 5) is 2.30. The Hall–Kier alpha value is -2.20. The number of ether oxygens (including phenoxy) is 2. The smallest absolute Gasteiger partial charge is 0.142 e. The predicted octanol–water partition coefficient (Wildman–Crippen LogP) is 4.67. The molecule has 0 aromatic heterocycles. The van der Waals surface area contributed by atoms with Crippen molar-refractivity contribution in [3.63, 3.8) is 0 Å². The zero-order valence-corrected chi connectivity index (χ0v) is 15.7. The fraction of sp³-hybridized carbons (Fsp3) is 0.455. The van der Waals surface area contributed by atoms with Gasteiger partial charge in [-0.05, 0) is 43.2 Å². The summed E-state index contributed by atoms with van der Waals surface area (Å²) in [6.07, 6.45) is 1.38. The lowest BCUT2D eigenvalue weighted by Gasteiger charge is -2.31. The molecule has 0 N–H and O–H groups in total. The molecule has 1 heterocycles. The molecule has 1 radical (unpaired) electrons. The first-order valence-corrected chi connectivity index (χ1v) is 9.54. The number of benzene rings is 2. The van der Waals surface area contributed by atoms with Gasteiger partial charge in [0.15, 0.2) is 0 Å². The average molecular weight is 354 g/mol. The number of rotatable bonds is 8. The summed E-state index contributed by atoms with van der Waals surface area (Å²) in [5.74, 6) is 1.87. The lowest BCUT2D eigenvalue weighted by molar-refractivity contribution is 0.0768. The van der Waals surface area contributed by atoms with E-state index in [4.69, 9.17) is 9.47 Å². The Bertz CT molecular complexity index is 684. The first-order valence-electron chi connectivity index (χ1n) is 9.54. The molecule has 0 fully saturated rings. The maximum Gasteiger partial charge on any atom is 0.142 e. The van der Waals surface area contributed by atoms with Gasteiger partial charge in [0.25, 0.3) is 0 Å². The van der Waals surface area contributed by atoms with Crippen LogP contribution in [0.4, 0.5) is 5.69 Å². The Morgan fingerprint density at radius 3 is 2.65 bits per heavy atom. The van der Waals surface area contributed by atoms with Crippen molar-refractivity contribution in [3.05, 3.63) is 54.1 Å². The summed E-state index contributed by atoms with van der Waals surface area (Å²) in [7, 11) is 0. The van der Waals surface area contributed by atoms with Crippen LogP contribution < -0.4 is 14.4 Å². The molecule has 1 aliphatic rings. The summed E-state index contributed by atoms with van der Waals surface area (Å²) in [5.41, 5.74) is 2.24. The average Bonchev–Trinajstić information content (AvgIpc) is 2.67. The number of fused-ring (bicyclic) bond motifs is 1. The Balaban J connectivity index is 1.54. The third kappa shape index (κ3) is 4.50. The number of anilines is 1. The van der Waals surface area contributed by atoms with E-state index in [-0.39, 0.29) is 5.92 Å². The molecule has 0 saturated carbocycles. The summed E-state index contributed by atoms with van der Waals surface area (Å²) in [5, 5.41) is 11.9. The number of hydrogen-bond donors (Lipinski definition) is 0. The van der Waals surface area contributed by atoms with Crippen LogP contribution in [0.3, 0.4) is 0 Å². The largest absolute Gasteiger partial charge is 0.492 e. The summed E-state index contributed by atoms with van der Waals surface area (Å²) in [6.45, 7) is 6.89. The monoisotopic (exact) mass is 354 g/mol. The highest BCUT2D eigenvalue weighted by molar-refractivity contribution is 5.59. The van der Waals surface area contributed by atoms with Gasteiger partial charge in [-0.2, -0.15) is 0 Å². The van der Waals surface area contributed by atoms with Gasteiger partial charge < -0.3 is 14.4 Å². The molecule has 2 atom stereocenters. The van der Waals surface area contributed by atoms with Crippen LogP contribution in [0.5, 0.6) is 11.5 Å². The van der Waals surface area contributed by atoms with Crippen LogP contribution in [0.2, 0.25) is 0 Å². The second-order valence-corrected chi connectivity index (χ2v) is 6.82. The van der Waals surface area contributed by atoms with Gasteiger partial charge in [0, 0.05) is 5.92 Å². The lowest BCUT2D eigenvalue weighted by Crippen LogP contribution is -2.35. The van der Waals surface area contributed by atoms with Gasteiger partial charge in [-0.3, -0.25) is 0 Å². The topological polar surface area (TPSA) is 41.6 Å². The van der Waals surface area contributed by atoms with Crippen molar-refractivity contribution in [2.75, 3.05) is 31.2 Å². The predicted molar refractivity (Wildman–Crippen MR) is 104 cm³/mol. The first kappa shape index (κ1) is 18.6. The van der Waals surface area contributed by atoms with Crippen LogP contribution in [0, 0.1) is 0 Å². The Morgan fingerprint density at radius 2 is 1.92 bits per heavy atom. The SMILES string of the molecule is CCCC(c1ccc(OCCN2CCOc3ccccc32)cc1)C(C)[O]. The molecule has 26 heavy (non-hydrogen) atoms. The molecule has 2 aromatic rings. The molecule has 4 nitrogen and oxygen atoms in total. The summed E-state index contributed by atoms with van der Waals surface area (Å²) in [6, 6.07) is 16.1. The van der Waals surface area contributed by atoms with E-state index >= 15 is 0 Å². The van der Waals surface area contributed by atoms with Crippen LogP contribution >= 0.6 is 0 Å². The van der Waals surface area contributed by atoms with Crippen molar-refractivity contribution in [2.45, 2.75) is 38.7 Å². The zero-order valence-electron chi connectivity index (χ0n) is 15.7. The van der Waals surface area contributed by atoms with E-state index in [2.05, 4.69) is 17.9 Å². The second kappa shape index (κ2) is 8.95. The number of nitrogens with zero attached hydrogens (tertiary/aromatic N) is 1. The minimum absolute atomic E-state index is 0.0823. The van der Waals surface area contributed by atoms with E-state index in [1.807, 2.05) is 42.5 Å². The van der Waals surface area contributed by atoms with Crippen molar-refractivity contribution < 1.29 is 14.6 Å². The van der Waals surface area contributed by atoms with Crippen LogP contribution in [0.1, 0.15) is 38.2 Å². The van der Waals surface area contributed by atoms with Gasteiger partial charge in [-0.1, -0.05) is 37.6 Å².